The second kappa shape index (κ2) is 6.40. The van der Waals surface area contributed by atoms with Gasteiger partial charge in [0, 0.05) is 13.7 Å². The minimum Gasteiger partial charge on any atom is -0.383 e. The molecule has 1 aliphatic heterocycles. The third-order valence-electron chi connectivity index (χ3n) is 2.04. The van der Waals surface area contributed by atoms with E-state index < -0.39 is 0 Å². The summed E-state index contributed by atoms with van der Waals surface area (Å²) in [5.41, 5.74) is 0.240. The fourth-order valence-electron chi connectivity index (χ4n) is 1.42. The van der Waals surface area contributed by atoms with Gasteiger partial charge in [0.15, 0.2) is 0 Å². The Bertz CT molecular complexity index is 94.7. The third kappa shape index (κ3) is 3.09. The minimum atomic E-state index is 0.240. The Morgan fingerprint density at radius 3 is 2.33 bits per heavy atom. The van der Waals surface area contributed by atoms with E-state index in [1.54, 1.807) is 7.11 Å². The summed E-state index contributed by atoms with van der Waals surface area (Å²) >= 11 is 0. The lowest BCUT2D eigenvalue weighted by Gasteiger charge is -2.42. The summed E-state index contributed by atoms with van der Waals surface area (Å²) in [6.07, 6.45) is 1.22. The van der Waals surface area contributed by atoms with Gasteiger partial charge in [-0.15, -0.1) is 0 Å². The first-order valence-electron chi connectivity index (χ1n) is 4.71. The van der Waals surface area contributed by atoms with Crippen molar-refractivity contribution in [1.29, 1.82) is 0 Å². The largest absolute Gasteiger partial charge is 0.383 e. The van der Waals surface area contributed by atoms with Crippen LogP contribution in [-0.4, -0.2) is 39.4 Å². The van der Waals surface area contributed by atoms with Gasteiger partial charge in [-0.3, -0.25) is 0 Å². The molecule has 2 N–H and O–H groups in total. The van der Waals surface area contributed by atoms with Crippen molar-refractivity contribution in [2.75, 3.05) is 33.9 Å². The van der Waals surface area contributed by atoms with E-state index in [1.165, 1.54) is 6.42 Å². The Labute approximate surface area is 75.9 Å². The van der Waals surface area contributed by atoms with Crippen LogP contribution in [0.3, 0.4) is 0 Å². The molecule has 3 heteroatoms. The van der Waals surface area contributed by atoms with Gasteiger partial charge in [0.1, 0.15) is 0 Å². The van der Waals surface area contributed by atoms with E-state index in [0.29, 0.717) is 0 Å². The smallest absolute Gasteiger partial charge is 0.0657 e. The average Bonchev–Trinajstić information content (AvgIpc) is 2.05. The van der Waals surface area contributed by atoms with Gasteiger partial charge < -0.3 is 15.4 Å². The predicted molar refractivity (Wildman–Crippen MR) is 52.5 cm³/mol. The van der Waals surface area contributed by atoms with Gasteiger partial charge >= 0.3 is 0 Å². The van der Waals surface area contributed by atoms with Crippen LogP contribution >= 0.6 is 0 Å². The van der Waals surface area contributed by atoms with Crippen LogP contribution in [-0.2, 0) is 4.74 Å². The maximum Gasteiger partial charge on any atom is 0.0657 e. The molecule has 12 heavy (non-hydrogen) atoms. The second-order valence-electron chi connectivity index (χ2n) is 2.92. The van der Waals surface area contributed by atoms with Crippen molar-refractivity contribution in [2.24, 2.45) is 0 Å². The monoisotopic (exact) mass is 174 g/mol. The molecule has 1 fully saturated rings. The van der Waals surface area contributed by atoms with Crippen LogP contribution in [0.15, 0.2) is 0 Å². The molecule has 1 heterocycles. The van der Waals surface area contributed by atoms with E-state index in [4.69, 9.17) is 4.74 Å². The molecule has 0 saturated carbocycles. The molecule has 1 rings (SSSR count). The summed E-state index contributed by atoms with van der Waals surface area (Å²) < 4.78 is 5.10. The Morgan fingerprint density at radius 2 is 2.08 bits per heavy atom. The van der Waals surface area contributed by atoms with E-state index >= 15 is 0 Å². The van der Waals surface area contributed by atoms with Gasteiger partial charge in [0.25, 0.3) is 0 Å². The molecule has 1 unspecified atom stereocenters. The fourth-order valence-corrected chi connectivity index (χ4v) is 1.42. The Morgan fingerprint density at radius 1 is 1.50 bits per heavy atom. The Kier molecular flexibility index (Phi) is 6.34. The van der Waals surface area contributed by atoms with Crippen molar-refractivity contribution in [1.82, 2.24) is 10.6 Å². The summed E-state index contributed by atoms with van der Waals surface area (Å²) in [5, 5.41) is 6.53. The van der Waals surface area contributed by atoms with Crippen LogP contribution in [0.2, 0.25) is 0 Å². The topological polar surface area (TPSA) is 33.3 Å². The van der Waals surface area contributed by atoms with Crippen LogP contribution in [0.25, 0.3) is 0 Å². The summed E-state index contributed by atoms with van der Waals surface area (Å²) in [4.78, 5) is 0. The summed E-state index contributed by atoms with van der Waals surface area (Å²) in [6.45, 7) is 6.94. The van der Waals surface area contributed by atoms with Crippen molar-refractivity contribution >= 4 is 0 Å². The molecule has 0 amide bonds. The number of likely N-dealkylation sites (N-methyl/N-ethyl adjacent to an activating group) is 1. The number of methoxy groups -OCH3 is 1. The highest BCUT2D eigenvalue weighted by atomic mass is 16.5. The quantitative estimate of drug-likeness (QED) is 0.655. The molecule has 1 aliphatic rings. The number of ether oxygens (including phenoxy) is 1. The highest BCUT2D eigenvalue weighted by Gasteiger charge is 2.35. The number of rotatable bonds is 4. The van der Waals surface area contributed by atoms with Gasteiger partial charge in [-0.25, -0.2) is 0 Å². The lowest BCUT2D eigenvalue weighted by atomic mass is 9.89. The lowest BCUT2D eigenvalue weighted by molar-refractivity contribution is 0.0661. The third-order valence-corrected chi connectivity index (χ3v) is 2.04. The molecule has 1 atom stereocenters. The van der Waals surface area contributed by atoms with E-state index in [-0.39, 0.29) is 5.54 Å². The van der Waals surface area contributed by atoms with Crippen molar-refractivity contribution in [3.63, 3.8) is 0 Å². The maximum absolute atomic E-state index is 5.10. The van der Waals surface area contributed by atoms with Crippen LogP contribution in [0.1, 0.15) is 20.3 Å². The highest BCUT2D eigenvalue weighted by Crippen LogP contribution is 2.17. The molecule has 0 aromatic carbocycles. The second-order valence-corrected chi connectivity index (χ2v) is 2.92. The average molecular weight is 174 g/mol. The molecule has 1 saturated heterocycles. The molecule has 0 spiro atoms. The van der Waals surface area contributed by atoms with Crippen LogP contribution in [0.4, 0.5) is 0 Å². The van der Waals surface area contributed by atoms with Crippen molar-refractivity contribution in [2.45, 2.75) is 25.8 Å². The number of nitrogens with one attached hydrogen (secondary N) is 2. The van der Waals surface area contributed by atoms with E-state index in [1.807, 2.05) is 20.9 Å². The molecule has 0 radical (unpaired) electrons. The van der Waals surface area contributed by atoms with Gasteiger partial charge in [0.2, 0.25) is 0 Å². The van der Waals surface area contributed by atoms with Gasteiger partial charge in [-0.2, -0.15) is 0 Å². The molecule has 0 aromatic rings. The SMILES string of the molecule is CC.CNCC1(COC)CCN1. The lowest BCUT2D eigenvalue weighted by Crippen LogP contribution is -2.64. The standard InChI is InChI=1S/C7H16N2O.C2H6/c1-8-5-7(6-10-2)3-4-9-7;1-2/h8-9H,3-6H2,1-2H3;1-2H3. The Balaban J connectivity index is 0.000000561. The fraction of sp³-hybridized carbons (Fsp3) is 1.00. The first kappa shape index (κ1) is 11.9. The van der Waals surface area contributed by atoms with Crippen molar-refractivity contribution in [3.8, 4) is 0 Å². The number of hydrogen-bond donors (Lipinski definition) is 2. The highest BCUT2D eigenvalue weighted by molar-refractivity contribution is 4.97. The zero-order chi connectivity index (χ0) is 9.45. The summed E-state index contributed by atoms with van der Waals surface area (Å²) in [6, 6.07) is 0. The molecular formula is C9H22N2O. The van der Waals surface area contributed by atoms with E-state index in [0.717, 1.165) is 19.7 Å². The zero-order valence-electron chi connectivity index (χ0n) is 8.74. The Hall–Kier alpha value is -0.120. The summed E-state index contributed by atoms with van der Waals surface area (Å²) in [5.74, 6) is 0. The minimum absolute atomic E-state index is 0.240. The molecule has 3 nitrogen and oxygen atoms in total. The zero-order valence-corrected chi connectivity index (χ0v) is 8.74. The van der Waals surface area contributed by atoms with Gasteiger partial charge in [0.05, 0.1) is 12.1 Å². The van der Waals surface area contributed by atoms with Gasteiger partial charge in [-0.05, 0) is 20.0 Å². The van der Waals surface area contributed by atoms with Gasteiger partial charge in [-0.1, -0.05) is 13.8 Å². The van der Waals surface area contributed by atoms with Crippen molar-refractivity contribution < 1.29 is 4.74 Å². The van der Waals surface area contributed by atoms with E-state index in [2.05, 4.69) is 10.6 Å². The molecule has 74 valence electrons. The first-order valence-corrected chi connectivity index (χ1v) is 4.71. The predicted octanol–water partition coefficient (Wildman–Crippen LogP) is 0.610. The van der Waals surface area contributed by atoms with E-state index in [9.17, 15) is 0 Å². The molecular weight excluding hydrogens is 152 g/mol. The first-order chi connectivity index (χ1) is 5.83. The molecule has 0 bridgehead atoms. The van der Waals surface area contributed by atoms with Crippen LogP contribution in [0.5, 0.6) is 0 Å². The molecule has 0 aromatic heterocycles. The van der Waals surface area contributed by atoms with Crippen LogP contribution < -0.4 is 10.6 Å². The maximum atomic E-state index is 5.10. The number of hydrogen-bond acceptors (Lipinski definition) is 3. The van der Waals surface area contributed by atoms with Crippen molar-refractivity contribution in [3.05, 3.63) is 0 Å². The normalized spacial score (nSPS) is 27.0. The molecule has 0 aliphatic carbocycles. The van der Waals surface area contributed by atoms with Crippen LogP contribution in [0, 0.1) is 0 Å². The summed E-state index contributed by atoms with van der Waals surface area (Å²) in [7, 11) is 3.72.